The van der Waals surface area contributed by atoms with Gasteiger partial charge in [0.25, 0.3) is 0 Å². The zero-order chi connectivity index (χ0) is 28.6. The van der Waals surface area contributed by atoms with Gasteiger partial charge in [-0.1, -0.05) is 89.5 Å². The Balaban J connectivity index is 1.47. The van der Waals surface area contributed by atoms with E-state index in [0.717, 1.165) is 49.2 Å². The van der Waals surface area contributed by atoms with Gasteiger partial charge in [-0.25, -0.2) is 9.18 Å². The smallest absolute Gasteiger partial charge is 0.343 e. The summed E-state index contributed by atoms with van der Waals surface area (Å²) < 4.78 is 31.7. The van der Waals surface area contributed by atoms with Crippen molar-refractivity contribution in [2.24, 2.45) is 0 Å². The summed E-state index contributed by atoms with van der Waals surface area (Å²) in [6.45, 7) is 7.08. The molecule has 1 atom stereocenters. The lowest BCUT2D eigenvalue weighted by Gasteiger charge is -2.15. The van der Waals surface area contributed by atoms with Crippen LogP contribution in [0.4, 0.5) is 4.39 Å². The second-order valence-electron chi connectivity index (χ2n) is 10.5. The molecule has 40 heavy (non-hydrogen) atoms. The van der Waals surface area contributed by atoms with Gasteiger partial charge in [0, 0.05) is 0 Å². The highest BCUT2D eigenvalue weighted by Gasteiger charge is 2.15. The van der Waals surface area contributed by atoms with Crippen LogP contribution in [0.25, 0.3) is 11.1 Å². The molecule has 3 rings (SSSR count). The van der Waals surface area contributed by atoms with Crippen LogP contribution in [0, 0.1) is 5.82 Å². The fourth-order valence-corrected chi connectivity index (χ4v) is 4.56. The standard InChI is InChI=1S/C35H45FO4/c1-4-6-8-10-11-13-25-38-31-20-15-28(16-21-31)29-17-22-32(23-18-29)40-35(37)30-19-24-34(33(36)26-30)39-27(3)14-12-9-7-5-2/h15-24,26-27H,4-14,25H2,1-3H3. The van der Waals surface area contributed by atoms with E-state index >= 15 is 0 Å². The van der Waals surface area contributed by atoms with E-state index in [4.69, 9.17) is 14.2 Å². The second-order valence-corrected chi connectivity index (χ2v) is 10.5. The summed E-state index contributed by atoms with van der Waals surface area (Å²) >= 11 is 0. The third kappa shape index (κ3) is 10.7. The van der Waals surface area contributed by atoms with E-state index in [-0.39, 0.29) is 17.4 Å². The van der Waals surface area contributed by atoms with E-state index in [9.17, 15) is 9.18 Å². The monoisotopic (exact) mass is 548 g/mol. The number of unbranched alkanes of at least 4 members (excludes halogenated alkanes) is 8. The van der Waals surface area contributed by atoms with Crippen molar-refractivity contribution in [1.82, 2.24) is 0 Å². The Morgan fingerprint density at radius 2 is 1.30 bits per heavy atom. The van der Waals surface area contributed by atoms with Crippen LogP contribution in [0.15, 0.2) is 66.7 Å². The lowest BCUT2D eigenvalue weighted by molar-refractivity contribution is 0.0734. The molecule has 0 aliphatic heterocycles. The third-order valence-electron chi connectivity index (χ3n) is 6.98. The van der Waals surface area contributed by atoms with Gasteiger partial charge in [0.15, 0.2) is 11.6 Å². The van der Waals surface area contributed by atoms with Crippen LogP contribution in [0.5, 0.6) is 17.2 Å². The van der Waals surface area contributed by atoms with Gasteiger partial charge in [0.2, 0.25) is 0 Å². The predicted molar refractivity (Wildman–Crippen MR) is 161 cm³/mol. The molecule has 216 valence electrons. The van der Waals surface area contributed by atoms with Gasteiger partial charge in [0.05, 0.1) is 18.3 Å². The van der Waals surface area contributed by atoms with Crippen LogP contribution >= 0.6 is 0 Å². The normalized spacial score (nSPS) is 11.7. The lowest BCUT2D eigenvalue weighted by Crippen LogP contribution is -2.13. The molecule has 0 saturated heterocycles. The van der Waals surface area contributed by atoms with Gasteiger partial charge in [-0.3, -0.25) is 0 Å². The lowest BCUT2D eigenvalue weighted by atomic mass is 10.1. The van der Waals surface area contributed by atoms with Crippen LogP contribution in [-0.2, 0) is 0 Å². The second kappa shape index (κ2) is 17.4. The molecule has 0 aliphatic rings. The molecule has 0 saturated carbocycles. The van der Waals surface area contributed by atoms with Crippen LogP contribution in [0.2, 0.25) is 0 Å². The molecule has 3 aromatic rings. The van der Waals surface area contributed by atoms with E-state index in [1.54, 1.807) is 12.1 Å². The first-order valence-corrected chi connectivity index (χ1v) is 15.0. The summed E-state index contributed by atoms with van der Waals surface area (Å²) in [5.74, 6) is 0.243. The zero-order valence-electron chi connectivity index (χ0n) is 24.4. The summed E-state index contributed by atoms with van der Waals surface area (Å²) in [5, 5.41) is 0. The Hall–Kier alpha value is -3.34. The maximum Gasteiger partial charge on any atom is 0.343 e. The van der Waals surface area contributed by atoms with Crippen LogP contribution in [0.1, 0.15) is 102 Å². The van der Waals surface area contributed by atoms with Crippen LogP contribution in [0.3, 0.4) is 0 Å². The first-order chi connectivity index (χ1) is 19.5. The summed E-state index contributed by atoms with van der Waals surface area (Å²) in [7, 11) is 0. The van der Waals surface area contributed by atoms with E-state index in [1.165, 1.54) is 63.1 Å². The molecule has 0 fully saturated rings. The average Bonchev–Trinajstić information content (AvgIpc) is 2.96. The van der Waals surface area contributed by atoms with E-state index in [0.29, 0.717) is 5.75 Å². The molecule has 0 spiro atoms. The molecule has 1 unspecified atom stereocenters. The van der Waals surface area contributed by atoms with E-state index in [2.05, 4.69) is 13.8 Å². The molecule has 0 aliphatic carbocycles. The summed E-state index contributed by atoms with van der Waals surface area (Å²) in [5.41, 5.74) is 2.18. The third-order valence-corrected chi connectivity index (χ3v) is 6.98. The number of carbonyl (C=O) groups excluding carboxylic acids is 1. The molecule has 0 radical (unpaired) electrons. The Bertz CT molecular complexity index is 1140. The van der Waals surface area contributed by atoms with Crippen molar-refractivity contribution in [3.05, 3.63) is 78.1 Å². The maximum absolute atomic E-state index is 14.6. The Morgan fingerprint density at radius 1 is 0.725 bits per heavy atom. The Morgan fingerprint density at radius 3 is 1.93 bits per heavy atom. The number of benzene rings is 3. The molecule has 4 nitrogen and oxygen atoms in total. The van der Waals surface area contributed by atoms with Gasteiger partial charge in [-0.05, 0) is 79.8 Å². The topological polar surface area (TPSA) is 44.8 Å². The highest BCUT2D eigenvalue weighted by Crippen LogP contribution is 2.26. The fourth-order valence-electron chi connectivity index (χ4n) is 4.56. The summed E-state index contributed by atoms with van der Waals surface area (Å²) in [6.07, 6.45) is 12.8. The number of esters is 1. The number of hydrogen-bond donors (Lipinski definition) is 0. The molecule has 0 heterocycles. The van der Waals surface area contributed by atoms with Crippen molar-refractivity contribution in [3.8, 4) is 28.4 Å². The minimum atomic E-state index is -0.613. The Labute approximate surface area is 239 Å². The minimum Gasteiger partial charge on any atom is -0.494 e. The average molecular weight is 549 g/mol. The van der Waals surface area contributed by atoms with E-state index in [1.807, 2.05) is 43.3 Å². The molecule has 3 aromatic carbocycles. The number of rotatable bonds is 18. The van der Waals surface area contributed by atoms with E-state index < -0.39 is 11.8 Å². The highest BCUT2D eigenvalue weighted by molar-refractivity contribution is 5.91. The largest absolute Gasteiger partial charge is 0.494 e. The molecule has 0 amide bonds. The van der Waals surface area contributed by atoms with Crippen molar-refractivity contribution in [1.29, 1.82) is 0 Å². The number of ether oxygens (including phenoxy) is 3. The zero-order valence-corrected chi connectivity index (χ0v) is 24.4. The van der Waals surface area contributed by atoms with Gasteiger partial charge >= 0.3 is 5.97 Å². The molecular formula is C35H45FO4. The van der Waals surface area contributed by atoms with Gasteiger partial charge in [-0.15, -0.1) is 0 Å². The minimum absolute atomic E-state index is 0.0866. The molecule has 0 N–H and O–H groups in total. The number of carbonyl (C=O) groups is 1. The van der Waals surface area contributed by atoms with Crippen molar-refractivity contribution >= 4 is 5.97 Å². The van der Waals surface area contributed by atoms with Crippen molar-refractivity contribution in [2.75, 3.05) is 6.61 Å². The van der Waals surface area contributed by atoms with Crippen molar-refractivity contribution in [2.45, 2.75) is 97.5 Å². The molecular weight excluding hydrogens is 503 g/mol. The maximum atomic E-state index is 14.6. The molecule has 5 heteroatoms. The van der Waals surface area contributed by atoms with Crippen LogP contribution < -0.4 is 14.2 Å². The summed E-state index contributed by atoms with van der Waals surface area (Å²) in [4.78, 5) is 12.6. The van der Waals surface area contributed by atoms with Gasteiger partial charge in [-0.2, -0.15) is 0 Å². The highest BCUT2D eigenvalue weighted by atomic mass is 19.1. The van der Waals surface area contributed by atoms with Crippen LogP contribution in [-0.4, -0.2) is 18.7 Å². The molecule has 0 bridgehead atoms. The fraction of sp³-hybridized carbons (Fsp3) is 0.457. The summed E-state index contributed by atoms with van der Waals surface area (Å²) in [6, 6.07) is 19.5. The number of hydrogen-bond acceptors (Lipinski definition) is 4. The van der Waals surface area contributed by atoms with Crippen molar-refractivity contribution < 1.29 is 23.4 Å². The Kier molecular flexibility index (Phi) is 13.5. The number of halogens is 1. The molecule has 0 aromatic heterocycles. The van der Waals surface area contributed by atoms with Crippen molar-refractivity contribution in [3.63, 3.8) is 0 Å². The first-order valence-electron chi connectivity index (χ1n) is 15.0. The van der Waals surface area contributed by atoms with Gasteiger partial charge in [0.1, 0.15) is 11.5 Å². The first kappa shape index (κ1) is 31.2. The predicted octanol–water partition coefficient (Wildman–Crippen LogP) is 10.2. The quantitative estimate of drug-likeness (QED) is 0.0901. The SMILES string of the molecule is CCCCCCCCOc1ccc(-c2ccc(OC(=O)c3ccc(OC(C)CCCCCC)c(F)c3)cc2)cc1. The van der Waals surface area contributed by atoms with Gasteiger partial charge < -0.3 is 14.2 Å².